The summed E-state index contributed by atoms with van der Waals surface area (Å²) in [6.07, 6.45) is 6.72. The lowest BCUT2D eigenvalue weighted by molar-refractivity contribution is -0.117. The number of hydrogen-bond donors (Lipinski definition) is 1. The summed E-state index contributed by atoms with van der Waals surface area (Å²) in [6, 6.07) is 13.5. The van der Waals surface area contributed by atoms with Gasteiger partial charge in [0.1, 0.15) is 17.7 Å². The predicted octanol–water partition coefficient (Wildman–Crippen LogP) is 3.79. The van der Waals surface area contributed by atoms with E-state index in [1.165, 1.54) is 18.2 Å². The van der Waals surface area contributed by atoms with Crippen LogP contribution in [0.4, 0.5) is 4.39 Å². The number of nitrogens with zero attached hydrogens (tertiary/aromatic N) is 2. The van der Waals surface area contributed by atoms with Crippen LogP contribution in [0.2, 0.25) is 0 Å². The van der Waals surface area contributed by atoms with Crippen molar-refractivity contribution in [3.05, 3.63) is 95.3 Å². The lowest BCUT2D eigenvalue weighted by Gasteiger charge is -2.18. The van der Waals surface area contributed by atoms with Crippen molar-refractivity contribution in [1.82, 2.24) is 14.9 Å². The van der Waals surface area contributed by atoms with Crippen LogP contribution in [0, 0.1) is 12.7 Å². The molecule has 0 saturated carbocycles. The second kappa shape index (κ2) is 7.78. The summed E-state index contributed by atoms with van der Waals surface area (Å²) in [5.41, 5.74) is 2.87. The molecular formula is C21H20FN3O. The molecule has 0 radical (unpaired) electrons. The number of aryl methyl sites for hydroxylation is 2. The molecule has 132 valence electrons. The van der Waals surface area contributed by atoms with E-state index in [1.807, 2.05) is 42.8 Å². The fourth-order valence-corrected chi connectivity index (χ4v) is 2.65. The summed E-state index contributed by atoms with van der Waals surface area (Å²) in [4.78, 5) is 16.8. The zero-order chi connectivity index (χ0) is 18.5. The Labute approximate surface area is 152 Å². The van der Waals surface area contributed by atoms with E-state index < -0.39 is 6.04 Å². The normalized spacial score (nSPS) is 12.3. The molecule has 26 heavy (non-hydrogen) atoms. The molecule has 2 aromatic carbocycles. The van der Waals surface area contributed by atoms with Gasteiger partial charge in [-0.15, -0.1) is 0 Å². The summed E-state index contributed by atoms with van der Waals surface area (Å²) in [6.45, 7) is 2.01. The zero-order valence-corrected chi connectivity index (χ0v) is 14.7. The molecule has 0 fully saturated rings. The van der Waals surface area contributed by atoms with Crippen LogP contribution in [-0.4, -0.2) is 15.5 Å². The van der Waals surface area contributed by atoms with Gasteiger partial charge in [0.25, 0.3) is 0 Å². The Morgan fingerprint density at radius 2 is 1.85 bits per heavy atom. The van der Waals surface area contributed by atoms with Crippen molar-refractivity contribution in [3.8, 4) is 0 Å². The maximum absolute atomic E-state index is 13.3. The SMILES string of the molecule is Cc1ccc(/C=C/C(=O)NC(c2ccc(F)cc2)c2nccn2C)cc1. The van der Waals surface area contributed by atoms with Crippen molar-refractivity contribution in [3.63, 3.8) is 0 Å². The van der Waals surface area contributed by atoms with Crippen LogP contribution in [0.1, 0.15) is 28.6 Å². The molecule has 0 aliphatic carbocycles. The molecule has 5 heteroatoms. The van der Waals surface area contributed by atoms with Gasteiger partial charge in [-0.05, 0) is 36.3 Å². The first kappa shape index (κ1) is 17.6. The van der Waals surface area contributed by atoms with Crippen LogP contribution in [-0.2, 0) is 11.8 Å². The Balaban J connectivity index is 1.81. The highest BCUT2D eigenvalue weighted by Gasteiger charge is 2.19. The third-order valence-corrected chi connectivity index (χ3v) is 4.11. The summed E-state index contributed by atoms with van der Waals surface area (Å²) in [7, 11) is 1.85. The molecule has 4 nitrogen and oxygen atoms in total. The first-order valence-corrected chi connectivity index (χ1v) is 8.31. The van der Waals surface area contributed by atoms with Gasteiger partial charge >= 0.3 is 0 Å². The largest absolute Gasteiger partial charge is 0.339 e. The number of halogens is 1. The Hall–Kier alpha value is -3.21. The molecule has 3 aromatic rings. The molecule has 0 spiro atoms. The van der Waals surface area contributed by atoms with Crippen molar-refractivity contribution in [2.24, 2.45) is 7.05 Å². The number of carbonyl (C=O) groups is 1. The summed E-state index contributed by atoms with van der Waals surface area (Å²) in [5, 5.41) is 2.95. The minimum absolute atomic E-state index is 0.247. The standard InChI is InChI=1S/C21H20FN3O/c1-15-3-5-16(6-4-15)7-12-19(26)24-20(21-23-13-14-25(21)2)17-8-10-18(22)11-9-17/h3-14,20H,1-2H3,(H,24,26)/b12-7+. The molecular weight excluding hydrogens is 329 g/mol. The second-order valence-corrected chi connectivity index (χ2v) is 6.13. The van der Waals surface area contributed by atoms with Crippen LogP contribution >= 0.6 is 0 Å². The van der Waals surface area contributed by atoms with E-state index >= 15 is 0 Å². The van der Waals surface area contributed by atoms with E-state index in [0.717, 1.165) is 16.7 Å². The molecule has 1 unspecified atom stereocenters. The number of hydrogen-bond acceptors (Lipinski definition) is 2. The number of amides is 1. The molecule has 0 aliphatic rings. The summed E-state index contributed by atoms with van der Waals surface area (Å²) >= 11 is 0. The van der Waals surface area contributed by atoms with Gasteiger partial charge in [0.15, 0.2) is 0 Å². The molecule has 1 atom stereocenters. The zero-order valence-electron chi connectivity index (χ0n) is 14.7. The third-order valence-electron chi connectivity index (χ3n) is 4.11. The lowest BCUT2D eigenvalue weighted by Crippen LogP contribution is -2.29. The van der Waals surface area contributed by atoms with E-state index in [4.69, 9.17) is 0 Å². The summed E-state index contributed by atoms with van der Waals surface area (Å²) in [5.74, 6) is 0.106. The molecule has 1 N–H and O–H groups in total. The van der Waals surface area contributed by atoms with Gasteiger partial charge in [0.2, 0.25) is 5.91 Å². The number of rotatable bonds is 5. The van der Waals surface area contributed by atoms with Crippen molar-refractivity contribution < 1.29 is 9.18 Å². The van der Waals surface area contributed by atoms with Crippen LogP contribution in [0.25, 0.3) is 6.08 Å². The fraction of sp³-hybridized carbons (Fsp3) is 0.143. The maximum Gasteiger partial charge on any atom is 0.244 e. The first-order valence-electron chi connectivity index (χ1n) is 8.31. The molecule has 3 rings (SSSR count). The van der Waals surface area contributed by atoms with Crippen LogP contribution in [0.15, 0.2) is 67.0 Å². The first-order chi connectivity index (χ1) is 12.5. The average Bonchev–Trinajstić information content (AvgIpc) is 3.06. The molecule has 0 aliphatic heterocycles. The highest BCUT2D eigenvalue weighted by Crippen LogP contribution is 2.21. The van der Waals surface area contributed by atoms with Crippen LogP contribution < -0.4 is 5.32 Å². The van der Waals surface area contributed by atoms with Gasteiger partial charge in [-0.25, -0.2) is 9.37 Å². The van der Waals surface area contributed by atoms with E-state index in [2.05, 4.69) is 10.3 Å². The maximum atomic E-state index is 13.3. The number of benzene rings is 2. The molecule has 0 saturated heterocycles. The van der Waals surface area contributed by atoms with Crippen LogP contribution in [0.3, 0.4) is 0 Å². The van der Waals surface area contributed by atoms with E-state index in [9.17, 15) is 9.18 Å². The second-order valence-electron chi connectivity index (χ2n) is 6.13. The van der Waals surface area contributed by atoms with Crippen molar-refractivity contribution in [2.75, 3.05) is 0 Å². The quantitative estimate of drug-likeness (QED) is 0.713. The highest BCUT2D eigenvalue weighted by atomic mass is 19.1. The van der Waals surface area contributed by atoms with E-state index in [1.54, 1.807) is 30.6 Å². The number of nitrogens with one attached hydrogen (secondary N) is 1. The Bertz CT molecular complexity index is 911. The summed E-state index contributed by atoms with van der Waals surface area (Å²) < 4.78 is 15.1. The van der Waals surface area contributed by atoms with Crippen LogP contribution in [0.5, 0.6) is 0 Å². The lowest BCUT2D eigenvalue weighted by atomic mass is 10.1. The number of aromatic nitrogens is 2. The van der Waals surface area contributed by atoms with Crippen molar-refractivity contribution in [1.29, 1.82) is 0 Å². The van der Waals surface area contributed by atoms with Gasteiger partial charge in [0.05, 0.1) is 0 Å². The van der Waals surface area contributed by atoms with Gasteiger partial charge < -0.3 is 9.88 Å². The molecule has 1 amide bonds. The van der Waals surface area contributed by atoms with Gasteiger partial charge in [-0.3, -0.25) is 4.79 Å². The highest BCUT2D eigenvalue weighted by molar-refractivity contribution is 5.92. The van der Waals surface area contributed by atoms with Crippen molar-refractivity contribution in [2.45, 2.75) is 13.0 Å². The molecule has 1 aromatic heterocycles. The monoisotopic (exact) mass is 349 g/mol. The molecule has 0 bridgehead atoms. The number of carbonyl (C=O) groups excluding carboxylic acids is 1. The molecule has 1 heterocycles. The van der Waals surface area contributed by atoms with Gasteiger partial charge in [-0.2, -0.15) is 0 Å². The van der Waals surface area contributed by atoms with E-state index in [-0.39, 0.29) is 11.7 Å². The topological polar surface area (TPSA) is 46.9 Å². The van der Waals surface area contributed by atoms with Crippen molar-refractivity contribution >= 4 is 12.0 Å². The number of imidazole rings is 1. The fourth-order valence-electron chi connectivity index (χ4n) is 2.65. The van der Waals surface area contributed by atoms with E-state index in [0.29, 0.717) is 5.82 Å². The third kappa shape index (κ3) is 4.25. The van der Waals surface area contributed by atoms with Gasteiger partial charge in [0, 0.05) is 25.5 Å². The minimum Gasteiger partial charge on any atom is -0.339 e. The Kier molecular flexibility index (Phi) is 5.27. The predicted molar refractivity (Wildman–Crippen MR) is 99.8 cm³/mol. The minimum atomic E-state index is -0.467. The average molecular weight is 349 g/mol. The smallest absolute Gasteiger partial charge is 0.244 e. The van der Waals surface area contributed by atoms with Gasteiger partial charge in [-0.1, -0.05) is 42.0 Å². The Morgan fingerprint density at radius 1 is 1.15 bits per heavy atom. The Morgan fingerprint density at radius 3 is 2.46 bits per heavy atom.